The van der Waals surface area contributed by atoms with Gasteiger partial charge in [-0.25, -0.2) is 4.39 Å². The van der Waals surface area contributed by atoms with Crippen LogP contribution in [0.25, 0.3) is 11.1 Å². The molecule has 0 saturated heterocycles. The van der Waals surface area contributed by atoms with Crippen molar-refractivity contribution in [2.75, 3.05) is 5.32 Å². The minimum atomic E-state index is -0.281. The lowest BCUT2D eigenvalue weighted by atomic mass is 9.89. The molecule has 1 aliphatic rings. The van der Waals surface area contributed by atoms with E-state index in [1.54, 1.807) is 29.5 Å². The van der Waals surface area contributed by atoms with Gasteiger partial charge in [0, 0.05) is 38.2 Å². The summed E-state index contributed by atoms with van der Waals surface area (Å²) >= 11 is 5.06. The van der Waals surface area contributed by atoms with Gasteiger partial charge < -0.3 is 5.32 Å². The molecule has 5 heteroatoms. The summed E-state index contributed by atoms with van der Waals surface area (Å²) in [7, 11) is 0. The highest BCUT2D eigenvalue weighted by atomic mass is 79.9. The van der Waals surface area contributed by atoms with Crippen molar-refractivity contribution in [3.63, 3.8) is 0 Å². The number of hydrogen-bond donors (Lipinski definition) is 1. The number of fused-ring (bicyclic) bond motifs is 1. The first kappa shape index (κ1) is 15.5. The Morgan fingerprint density at radius 1 is 1.12 bits per heavy atom. The van der Waals surface area contributed by atoms with Gasteiger partial charge in [0.25, 0.3) is 0 Å². The fraction of sp³-hybridized carbons (Fsp3) is 0.105. The number of carbonyl (C=O) groups is 1. The molecule has 0 radical (unpaired) electrons. The van der Waals surface area contributed by atoms with E-state index in [0.29, 0.717) is 12.0 Å². The van der Waals surface area contributed by atoms with E-state index in [2.05, 4.69) is 21.2 Å². The van der Waals surface area contributed by atoms with E-state index in [0.717, 1.165) is 26.2 Å². The number of rotatable bonds is 2. The summed E-state index contributed by atoms with van der Waals surface area (Å²) < 4.78 is 15.2. The number of amides is 1. The SMILES string of the molecule is O=C1C[C@H](c2cccc(Br)c2)c2scc(-c3ccccc3F)c2N1. The number of benzene rings is 2. The second kappa shape index (κ2) is 6.15. The summed E-state index contributed by atoms with van der Waals surface area (Å²) in [4.78, 5) is 13.3. The average molecular weight is 402 g/mol. The van der Waals surface area contributed by atoms with Crippen molar-refractivity contribution in [1.82, 2.24) is 0 Å². The van der Waals surface area contributed by atoms with Crippen LogP contribution in [0.5, 0.6) is 0 Å². The molecule has 1 amide bonds. The predicted octanol–water partition coefficient (Wildman–Crippen LogP) is 5.79. The van der Waals surface area contributed by atoms with Crippen molar-refractivity contribution in [2.24, 2.45) is 0 Å². The maximum Gasteiger partial charge on any atom is 0.225 e. The molecular weight excluding hydrogens is 389 g/mol. The van der Waals surface area contributed by atoms with Crippen LogP contribution >= 0.6 is 27.3 Å². The van der Waals surface area contributed by atoms with Crippen LogP contribution in [0, 0.1) is 5.82 Å². The summed E-state index contributed by atoms with van der Waals surface area (Å²) in [5.74, 6) is -0.322. The first-order valence-electron chi connectivity index (χ1n) is 7.55. The maximum atomic E-state index is 14.2. The third-order valence-corrected chi connectivity index (χ3v) is 5.79. The molecule has 2 nitrogen and oxygen atoms in total. The molecule has 3 aromatic rings. The van der Waals surface area contributed by atoms with Crippen molar-refractivity contribution in [1.29, 1.82) is 0 Å². The second-order valence-corrected chi connectivity index (χ2v) is 7.56. The lowest BCUT2D eigenvalue weighted by Crippen LogP contribution is -2.22. The molecule has 120 valence electrons. The van der Waals surface area contributed by atoms with E-state index in [9.17, 15) is 9.18 Å². The van der Waals surface area contributed by atoms with E-state index < -0.39 is 0 Å². The predicted molar refractivity (Wildman–Crippen MR) is 98.9 cm³/mol. The minimum absolute atomic E-state index is 0.00299. The van der Waals surface area contributed by atoms with Crippen molar-refractivity contribution in [3.8, 4) is 11.1 Å². The monoisotopic (exact) mass is 401 g/mol. The highest BCUT2D eigenvalue weighted by Crippen LogP contribution is 2.47. The Morgan fingerprint density at radius 3 is 2.75 bits per heavy atom. The van der Waals surface area contributed by atoms with Crippen molar-refractivity contribution < 1.29 is 9.18 Å². The van der Waals surface area contributed by atoms with E-state index in [1.165, 1.54) is 6.07 Å². The number of carbonyl (C=O) groups excluding carboxylic acids is 1. The van der Waals surface area contributed by atoms with E-state index >= 15 is 0 Å². The third kappa shape index (κ3) is 2.68. The number of halogens is 2. The standard InChI is InChI=1S/C19H13BrFNOS/c20-12-5-3-4-11(8-12)14-9-17(23)22-18-15(10-24-19(14)18)13-6-1-2-7-16(13)21/h1-8,10,14H,9H2,(H,22,23)/t14-/m1/s1. The zero-order valence-electron chi connectivity index (χ0n) is 12.6. The minimum Gasteiger partial charge on any atom is -0.325 e. The summed E-state index contributed by atoms with van der Waals surface area (Å²) in [6, 6.07) is 14.7. The van der Waals surface area contributed by atoms with Crippen LogP contribution in [0.2, 0.25) is 0 Å². The zero-order valence-corrected chi connectivity index (χ0v) is 15.0. The fourth-order valence-corrected chi connectivity index (χ4v) is 4.67. The molecule has 0 bridgehead atoms. The maximum absolute atomic E-state index is 14.2. The Morgan fingerprint density at radius 2 is 1.96 bits per heavy atom. The number of nitrogens with one attached hydrogen (secondary N) is 1. The van der Waals surface area contributed by atoms with Gasteiger partial charge in [0.05, 0.1) is 5.69 Å². The van der Waals surface area contributed by atoms with Crippen molar-refractivity contribution in [2.45, 2.75) is 12.3 Å². The average Bonchev–Trinajstić information content (AvgIpc) is 2.98. The first-order valence-corrected chi connectivity index (χ1v) is 9.22. The van der Waals surface area contributed by atoms with Crippen LogP contribution in [0.1, 0.15) is 22.8 Å². The Labute approximate surface area is 151 Å². The Kier molecular flexibility index (Phi) is 3.98. The molecule has 0 fully saturated rings. The van der Waals surface area contributed by atoms with Crippen LogP contribution in [0.15, 0.2) is 58.4 Å². The number of hydrogen-bond acceptors (Lipinski definition) is 2. The van der Waals surface area contributed by atoms with Gasteiger partial charge in [0.1, 0.15) is 5.82 Å². The Hall–Kier alpha value is -1.98. The van der Waals surface area contributed by atoms with E-state index in [1.807, 2.05) is 29.6 Å². The third-order valence-electron chi connectivity index (χ3n) is 4.20. The van der Waals surface area contributed by atoms with Crippen LogP contribution in [-0.4, -0.2) is 5.91 Å². The second-order valence-electron chi connectivity index (χ2n) is 5.73. The van der Waals surface area contributed by atoms with Crippen LogP contribution in [0.4, 0.5) is 10.1 Å². The smallest absolute Gasteiger partial charge is 0.225 e. The zero-order chi connectivity index (χ0) is 16.7. The van der Waals surface area contributed by atoms with Gasteiger partial charge in [0.2, 0.25) is 5.91 Å². The molecule has 1 aromatic heterocycles. The van der Waals surface area contributed by atoms with E-state index in [4.69, 9.17) is 0 Å². The fourth-order valence-electron chi connectivity index (χ4n) is 3.10. The highest BCUT2D eigenvalue weighted by molar-refractivity contribution is 9.10. The van der Waals surface area contributed by atoms with Crippen LogP contribution in [-0.2, 0) is 4.79 Å². The number of anilines is 1. The van der Waals surface area contributed by atoms with Gasteiger partial charge in [-0.1, -0.05) is 46.3 Å². The summed E-state index contributed by atoms with van der Waals surface area (Å²) in [6.45, 7) is 0. The quantitative estimate of drug-likeness (QED) is 0.578. The number of thiophene rings is 1. The Balaban J connectivity index is 1.85. The highest BCUT2D eigenvalue weighted by Gasteiger charge is 2.30. The molecule has 2 aromatic carbocycles. The molecule has 2 heterocycles. The van der Waals surface area contributed by atoms with Gasteiger partial charge in [0.15, 0.2) is 0 Å². The summed E-state index contributed by atoms with van der Waals surface area (Å²) in [6.07, 6.45) is 0.403. The molecule has 1 N–H and O–H groups in total. The molecule has 1 aliphatic heterocycles. The first-order chi connectivity index (χ1) is 11.6. The molecule has 24 heavy (non-hydrogen) atoms. The van der Waals surface area contributed by atoms with Gasteiger partial charge in [-0.3, -0.25) is 4.79 Å². The topological polar surface area (TPSA) is 29.1 Å². The van der Waals surface area contributed by atoms with Gasteiger partial charge in [-0.15, -0.1) is 11.3 Å². The molecule has 0 unspecified atom stereocenters. The van der Waals surface area contributed by atoms with Gasteiger partial charge in [-0.05, 0) is 23.8 Å². The lowest BCUT2D eigenvalue weighted by Gasteiger charge is -2.24. The van der Waals surface area contributed by atoms with Gasteiger partial charge in [-0.2, -0.15) is 0 Å². The molecule has 4 rings (SSSR count). The molecule has 0 aliphatic carbocycles. The molecule has 0 spiro atoms. The van der Waals surface area contributed by atoms with Crippen molar-refractivity contribution in [3.05, 3.63) is 74.6 Å². The normalized spacial score (nSPS) is 16.6. The molecule has 1 atom stereocenters. The summed E-state index contributed by atoms with van der Waals surface area (Å²) in [5, 5.41) is 4.87. The van der Waals surface area contributed by atoms with Crippen molar-refractivity contribution >= 4 is 38.9 Å². The lowest BCUT2D eigenvalue weighted by molar-refractivity contribution is -0.116. The van der Waals surface area contributed by atoms with Gasteiger partial charge >= 0.3 is 0 Å². The van der Waals surface area contributed by atoms with E-state index in [-0.39, 0.29) is 17.6 Å². The molecule has 0 saturated carbocycles. The van der Waals surface area contributed by atoms with Crippen LogP contribution < -0.4 is 5.32 Å². The van der Waals surface area contributed by atoms with Crippen LogP contribution in [0.3, 0.4) is 0 Å². The molecular formula is C19H13BrFNOS. The Bertz CT molecular complexity index is 937. The largest absolute Gasteiger partial charge is 0.325 e. The summed E-state index contributed by atoms with van der Waals surface area (Å²) in [5.41, 5.74) is 3.10.